The van der Waals surface area contributed by atoms with Gasteiger partial charge in [-0.1, -0.05) is 31.0 Å². The van der Waals surface area contributed by atoms with Gasteiger partial charge in [-0.15, -0.1) is 0 Å². The van der Waals surface area contributed by atoms with Crippen molar-refractivity contribution in [3.63, 3.8) is 0 Å². The standard InChI is InChI=1S/C17H19NO4/c19-12-17(10-4-5-11-17)18-16(20)14-8-9-15(22-14)21-13-6-2-1-3-7-13/h1-3,6-9,19H,4-5,10-12H2,(H,18,20). The molecule has 3 rings (SSSR count). The minimum Gasteiger partial charge on any atom is -0.426 e. The molecule has 116 valence electrons. The summed E-state index contributed by atoms with van der Waals surface area (Å²) >= 11 is 0. The van der Waals surface area contributed by atoms with Crippen molar-refractivity contribution in [1.29, 1.82) is 0 Å². The number of amides is 1. The summed E-state index contributed by atoms with van der Waals surface area (Å²) in [6.07, 6.45) is 3.62. The van der Waals surface area contributed by atoms with E-state index in [1.54, 1.807) is 12.1 Å². The number of ether oxygens (including phenoxy) is 1. The molecule has 2 N–H and O–H groups in total. The lowest BCUT2D eigenvalue weighted by molar-refractivity contribution is 0.0806. The molecule has 0 unspecified atom stereocenters. The maximum Gasteiger partial charge on any atom is 0.290 e. The Morgan fingerprint density at radius 1 is 1.18 bits per heavy atom. The second-order valence-corrected chi connectivity index (χ2v) is 5.63. The summed E-state index contributed by atoms with van der Waals surface area (Å²) < 4.78 is 11.0. The van der Waals surface area contributed by atoms with Crippen LogP contribution in [0, 0.1) is 0 Å². The molecule has 0 bridgehead atoms. The molecule has 0 radical (unpaired) electrons. The summed E-state index contributed by atoms with van der Waals surface area (Å²) in [4.78, 5) is 12.3. The van der Waals surface area contributed by atoms with Crippen LogP contribution < -0.4 is 10.1 Å². The molecule has 0 atom stereocenters. The molecule has 1 aromatic carbocycles. The first-order chi connectivity index (χ1) is 10.7. The summed E-state index contributed by atoms with van der Waals surface area (Å²) in [6, 6.07) is 12.4. The van der Waals surface area contributed by atoms with E-state index in [2.05, 4.69) is 5.32 Å². The Labute approximate surface area is 128 Å². The van der Waals surface area contributed by atoms with Crippen molar-refractivity contribution >= 4 is 5.91 Å². The minimum atomic E-state index is -0.510. The lowest BCUT2D eigenvalue weighted by atomic mass is 9.99. The summed E-state index contributed by atoms with van der Waals surface area (Å²) in [5.74, 6) is 0.775. The van der Waals surface area contributed by atoms with Gasteiger partial charge in [-0.3, -0.25) is 4.79 Å². The summed E-state index contributed by atoms with van der Waals surface area (Å²) in [5.41, 5.74) is -0.510. The van der Waals surface area contributed by atoms with Gasteiger partial charge >= 0.3 is 0 Å². The van der Waals surface area contributed by atoms with Gasteiger partial charge in [0, 0.05) is 6.07 Å². The molecule has 1 aliphatic carbocycles. The van der Waals surface area contributed by atoms with Crippen molar-refractivity contribution < 1.29 is 19.1 Å². The number of aliphatic hydroxyl groups excluding tert-OH is 1. The van der Waals surface area contributed by atoms with Crippen LogP contribution in [0.2, 0.25) is 0 Å². The number of hydrogen-bond donors (Lipinski definition) is 2. The Bertz CT molecular complexity index is 629. The number of hydrogen-bond acceptors (Lipinski definition) is 4. The quantitative estimate of drug-likeness (QED) is 0.890. The SMILES string of the molecule is O=C(NC1(CO)CCCC1)c1ccc(Oc2ccccc2)o1. The Morgan fingerprint density at radius 2 is 1.91 bits per heavy atom. The molecule has 22 heavy (non-hydrogen) atoms. The number of para-hydroxylation sites is 1. The molecule has 1 amide bonds. The van der Waals surface area contributed by atoms with Crippen LogP contribution in [0.3, 0.4) is 0 Å². The monoisotopic (exact) mass is 301 g/mol. The van der Waals surface area contributed by atoms with Gasteiger partial charge in [-0.25, -0.2) is 0 Å². The van der Waals surface area contributed by atoms with Crippen molar-refractivity contribution in [2.24, 2.45) is 0 Å². The molecule has 1 heterocycles. The molecule has 1 saturated carbocycles. The van der Waals surface area contributed by atoms with Gasteiger partial charge in [0.05, 0.1) is 12.1 Å². The van der Waals surface area contributed by atoms with Crippen LogP contribution in [-0.4, -0.2) is 23.2 Å². The van der Waals surface area contributed by atoms with E-state index in [1.165, 1.54) is 0 Å². The van der Waals surface area contributed by atoms with E-state index < -0.39 is 5.54 Å². The topological polar surface area (TPSA) is 71.7 Å². The van der Waals surface area contributed by atoms with Gasteiger partial charge in [0.25, 0.3) is 11.9 Å². The number of carbonyl (C=O) groups is 1. The lowest BCUT2D eigenvalue weighted by Gasteiger charge is -2.27. The largest absolute Gasteiger partial charge is 0.426 e. The van der Waals surface area contributed by atoms with Crippen LogP contribution in [0.1, 0.15) is 36.2 Å². The normalized spacial score (nSPS) is 16.4. The number of benzene rings is 1. The van der Waals surface area contributed by atoms with Crippen molar-refractivity contribution in [3.05, 3.63) is 48.2 Å². The molecular formula is C17H19NO4. The maximum atomic E-state index is 12.3. The van der Waals surface area contributed by atoms with E-state index in [0.29, 0.717) is 5.75 Å². The van der Waals surface area contributed by atoms with Crippen molar-refractivity contribution in [2.45, 2.75) is 31.2 Å². The van der Waals surface area contributed by atoms with Gasteiger partial charge < -0.3 is 19.6 Å². The summed E-state index contributed by atoms with van der Waals surface area (Å²) in [5, 5.41) is 12.4. The predicted octanol–water partition coefficient (Wildman–Crippen LogP) is 3.11. The first-order valence-electron chi connectivity index (χ1n) is 7.47. The fourth-order valence-corrected chi connectivity index (χ4v) is 2.78. The summed E-state index contributed by atoms with van der Waals surface area (Å²) in [7, 11) is 0. The van der Waals surface area contributed by atoms with Crippen molar-refractivity contribution in [3.8, 4) is 11.7 Å². The van der Waals surface area contributed by atoms with E-state index in [4.69, 9.17) is 9.15 Å². The molecule has 0 aliphatic heterocycles. The number of nitrogens with one attached hydrogen (secondary N) is 1. The van der Waals surface area contributed by atoms with Gasteiger partial charge in [0.15, 0.2) is 5.76 Å². The Kier molecular flexibility index (Phi) is 4.15. The second kappa shape index (κ2) is 6.23. The molecule has 0 spiro atoms. The zero-order valence-corrected chi connectivity index (χ0v) is 12.2. The van der Waals surface area contributed by atoms with E-state index in [9.17, 15) is 9.90 Å². The number of carbonyl (C=O) groups excluding carboxylic acids is 1. The number of rotatable bonds is 5. The fourth-order valence-electron chi connectivity index (χ4n) is 2.78. The smallest absolute Gasteiger partial charge is 0.290 e. The zero-order valence-electron chi connectivity index (χ0n) is 12.2. The van der Waals surface area contributed by atoms with Gasteiger partial charge in [0.1, 0.15) is 5.75 Å². The van der Waals surface area contributed by atoms with E-state index in [-0.39, 0.29) is 24.2 Å². The van der Waals surface area contributed by atoms with Crippen molar-refractivity contribution in [1.82, 2.24) is 5.32 Å². The average Bonchev–Trinajstić information content (AvgIpc) is 3.18. The van der Waals surface area contributed by atoms with Crippen LogP contribution >= 0.6 is 0 Å². The predicted molar refractivity (Wildman–Crippen MR) is 81.0 cm³/mol. The van der Waals surface area contributed by atoms with Crippen molar-refractivity contribution in [2.75, 3.05) is 6.61 Å². The summed E-state index contributed by atoms with van der Waals surface area (Å²) in [6.45, 7) is -0.0488. The Morgan fingerprint density at radius 3 is 2.59 bits per heavy atom. The van der Waals surface area contributed by atoms with E-state index >= 15 is 0 Å². The maximum absolute atomic E-state index is 12.3. The van der Waals surface area contributed by atoms with Gasteiger partial charge in [-0.2, -0.15) is 0 Å². The van der Waals surface area contributed by atoms with Crippen LogP contribution in [0.25, 0.3) is 0 Å². The average molecular weight is 301 g/mol. The third-order valence-electron chi connectivity index (χ3n) is 4.01. The highest BCUT2D eigenvalue weighted by Gasteiger charge is 2.35. The van der Waals surface area contributed by atoms with E-state index in [0.717, 1.165) is 25.7 Å². The Hall–Kier alpha value is -2.27. The van der Waals surface area contributed by atoms with Gasteiger partial charge in [-0.05, 0) is 31.0 Å². The zero-order chi connectivity index (χ0) is 15.4. The molecule has 1 aliphatic rings. The van der Waals surface area contributed by atoms with Crippen LogP contribution in [-0.2, 0) is 0 Å². The van der Waals surface area contributed by atoms with Crippen LogP contribution in [0.4, 0.5) is 0 Å². The Balaban J connectivity index is 1.66. The molecule has 1 fully saturated rings. The molecule has 2 aromatic rings. The van der Waals surface area contributed by atoms with Crippen LogP contribution in [0.15, 0.2) is 46.9 Å². The van der Waals surface area contributed by atoms with Gasteiger partial charge in [0.2, 0.25) is 0 Å². The highest BCUT2D eigenvalue weighted by Crippen LogP contribution is 2.30. The number of furan rings is 1. The molecule has 5 heteroatoms. The molecule has 1 aromatic heterocycles. The van der Waals surface area contributed by atoms with Crippen LogP contribution in [0.5, 0.6) is 11.7 Å². The van der Waals surface area contributed by atoms with E-state index in [1.807, 2.05) is 30.3 Å². The lowest BCUT2D eigenvalue weighted by Crippen LogP contribution is -2.49. The minimum absolute atomic E-state index is 0.0488. The fraction of sp³-hybridized carbons (Fsp3) is 0.353. The second-order valence-electron chi connectivity index (χ2n) is 5.63. The first kappa shape index (κ1) is 14.7. The third kappa shape index (κ3) is 3.14. The highest BCUT2D eigenvalue weighted by molar-refractivity contribution is 5.92. The first-order valence-corrected chi connectivity index (χ1v) is 7.47. The molecular weight excluding hydrogens is 282 g/mol. The molecule has 0 saturated heterocycles. The molecule has 5 nitrogen and oxygen atoms in total. The number of aliphatic hydroxyl groups is 1. The highest BCUT2D eigenvalue weighted by atomic mass is 16.6. The third-order valence-corrected chi connectivity index (χ3v) is 4.01.